The molecule has 3 rings (SSSR count). The lowest BCUT2D eigenvalue weighted by atomic mass is 10.1. The highest BCUT2D eigenvalue weighted by atomic mass is 32.2. The van der Waals surface area contributed by atoms with Crippen LogP contribution in [0.5, 0.6) is 0 Å². The Morgan fingerprint density at radius 1 is 0.958 bits per heavy atom. The smallest absolute Gasteiger partial charge is 0.151 e. The quantitative estimate of drug-likeness (QED) is 0.398. The molecule has 0 radical (unpaired) electrons. The number of nitrogens with one attached hydrogen (secondary N) is 2. The van der Waals surface area contributed by atoms with Crippen molar-refractivity contribution in [3.05, 3.63) is 47.3 Å². The molecule has 0 spiro atoms. The number of hydrogen-bond acceptors (Lipinski definition) is 5. The van der Waals surface area contributed by atoms with Gasteiger partial charge < -0.3 is 11.5 Å². The van der Waals surface area contributed by atoms with Gasteiger partial charge in [-0.1, -0.05) is 41.7 Å². The summed E-state index contributed by atoms with van der Waals surface area (Å²) in [5.74, 6) is 0.790. The van der Waals surface area contributed by atoms with Crippen molar-refractivity contribution in [2.24, 2.45) is 11.5 Å². The molecule has 124 valence electrons. The van der Waals surface area contributed by atoms with Crippen molar-refractivity contribution < 1.29 is 4.39 Å². The van der Waals surface area contributed by atoms with E-state index >= 15 is 0 Å². The molecule has 0 atom stereocenters. The van der Waals surface area contributed by atoms with Gasteiger partial charge in [0.15, 0.2) is 10.3 Å². The summed E-state index contributed by atoms with van der Waals surface area (Å²) in [6.07, 6.45) is 0. The third-order valence-corrected chi connectivity index (χ3v) is 6.39. The maximum absolute atomic E-state index is 14.0. The largest absolute Gasteiger partial charge is 0.379 e. The first-order chi connectivity index (χ1) is 11.5. The highest BCUT2D eigenvalue weighted by Gasteiger charge is 2.14. The van der Waals surface area contributed by atoms with E-state index in [0.29, 0.717) is 11.5 Å². The molecule has 3 aromatic rings. The molecule has 6 N–H and O–H groups in total. The summed E-state index contributed by atoms with van der Waals surface area (Å²) >= 11 is 4.08. The van der Waals surface area contributed by atoms with Crippen LogP contribution in [-0.4, -0.2) is 10.3 Å². The first-order valence-corrected chi connectivity index (χ1v) is 9.80. The summed E-state index contributed by atoms with van der Waals surface area (Å²) in [5, 5.41) is 16.7. The molecule has 0 bridgehead atoms. The molecule has 0 amide bonds. The highest BCUT2D eigenvalue weighted by molar-refractivity contribution is 8.13. The molecule has 0 aliphatic rings. The third kappa shape index (κ3) is 3.50. The number of halogens is 1. The standard InChI is InChI=1S/C16H15FN4S3/c17-10-4-9(7-23-16(20)21)14-12(5-10)11-3-1-2-8(13(11)24-14)6-22-15(18)19/h1-5H,6-7H2,(H3,18,19)(H3,20,21). The van der Waals surface area contributed by atoms with Gasteiger partial charge in [0.05, 0.1) is 0 Å². The Morgan fingerprint density at radius 2 is 1.58 bits per heavy atom. The number of thioether (sulfide) groups is 2. The molecule has 0 saturated heterocycles. The highest BCUT2D eigenvalue weighted by Crippen LogP contribution is 2.40. The Hall–Kier alpha value is -1.77. The van der Waals surface area contributed by atoms with Crippen molar-refractivity contribution in [1.29, 1.82) is 10.8 Å². The fourth-order valence-corrected chi connectivity index (χ4v) is 5.10. The Kier molecular flexibility index (Phi) is 4.98. The van der Waals surface area contributed by atoms with E-state index in [2.05, 4.69) is 0 Å². The van der Waals surface area contributed by atoms with Crippen molar-refractivity contribution in [2.45, 2.75) is 11.5 Å². The van der Waals surface area contributed by atoms with Gasteiger partial charge in [0.2, 0.25) is 0 Å². The average molecular weight is 379 g/mol. The second-order valence-corrected chi connectivity index (χ2v) is 8.20. The van der Waals surface area contributed by atoms with E-state index in [4.69, 9.17) is 22.3 Å². The van der Waals surface area contributed by atoms with Crippen LogP contribution in [0.4, 0.5) is 4.39 Å². The van der Waals surface area contributed by atoms with Gasteiger partial charge in [-0.05, 0) is 23.3 Å². The van der Waals surface area contributed by atoms with E-state index in [-0.39, 0.29) is 16.2 Å². The molecule has 8 heteroatoms. The van der Waals surface area contributed by atoms with Gasteiger partial charge in [-0.15, -0.1) is 11.3 Å². The third-order valence-electron chi connectivity index (χ3n) is 3.49. The molecule has 0 fully saturated rings. The van der Waals surface area contributed by atoms with Crippen LogP contribution >= 0.6 is 34.9 Å². The number of amidine groups is 2. The molecule has 4 nitrogen and oxygen atoms in total. The minimum absolute atomic E-state index is 0.0204. The number of benzene rings is 2. The minimum Gasteiger partial charge on any atom is -0.379 e. The van der Waals surface area contributed by atoms with E-state index in [1.807, 2.05) is 18.2 Å². The van der Waals surface area contributed by atoms with Crippen molar-refractivity contribution in [3.63, 3.8) is 0 Å². The van der Waals surface area contributed by atoms with Gasteiger partial charge in [0.1, 0.15) is 5.82 Å². The zero-order chi connectivity index (χ0) is 17.3. The molecule has 24 heavy (non-hydrogen) atoms. The zero-order valence-electron chi connectivity index (χ0n) is 12.6. The van der Waals surface area contributed by atoms with Gasteiger partial charge in [0.25, 0.3) is 0 Å². The van der Waals surface area contributed by atoms with Crippen molar-refractivity contribution in [1.82, 2.24) is 0 Å². The number of nitrogens with two attached hydrogens (primary N) is 2. The number of hydrogen-bond donors (Lipinski definition) is 4. The van der Waals surface area contributed by atoms with E-state index in [1.165, 1.54) is 29.6 Å². The summed E-state index contributed by atoms with van der Waals surface area (Å²) < 4.78 is 16.1. The molecule has 2 aromatic carbocycles. The van der Waals surface area contributed by atoms with E-state index < -0.39 is 0 Å². The maximum atomic E-state index is 14.0. The first kappa shape index (κ1) is 17.1. The Morgan fingerprint density at radius 3 is 2.25 bits per heavy atom. The molecular formula is C16H15FN4S3. The topological polar surface area (TPSA) is 99.7 Å². The lowest BCUT2D eigenvalue weighted by Crippen LogP contribution is -2.03. The van der Waals surface area contributed by atoms with E-state index in [9.17, 15) is 4.39 Å². The van der Waals surface area contributed by atoms with Gasteiger partial charge in [-0.25, -0.2) is 4.39 Å². The Labute approximate surface area is 150 Å². The second-order valence-electron chi connectivity index (χ2n) is 5.14. The number of thiophene rings is 1. The summed E-state index contributed by atoms with van der Waals surface area (Å²) in [6, 6.07) is 9.00. The van der Waals surface area contributed by atoms with Crippen LogP contribution in [-0.2, 0) is 11.5 Å². The summed E-state index contributed by atoms with van der Waals surface area (Å²) in [4.78, 5) is 0. The summed E-state index contributed by atoms with van der Waals surface area (Å²) in [5.41, 5.74) is 12.8. The summed E-state index contributed by atoms with van der Waals surface area (Å²) in [7, 11) is 0. The predicted molar refractivity (Wildman–Crippen MR) is 106 cm³/mol. The Bertz CT molecular complexity index is 951. The van der Waals surface area contributed by atoms with Crippen LogP contribution in [0, 0.1) is 16.6 Å². The Balaban J connectivity index is 2.15. The second kappa shape index (κ2) is 7.00. The fraction of sp³-hybridized carbons (Fsp3) is 0.125. The molecule has 1 aromatic heterocycles. The van der Waals surface area contributed by atoms with Crippen LogP contribution in [0.2, 0.25) is 0 Å². The van der Waals surface area contributed by atoms with Gasteiger partial charge >= 0.3 is 0 Å². The summed E-state index contributed by atoms with van der Waals surface area (Å²) in [6.45, 7) is 0. The zero-order valence-corrected chi connectivity index (χ0v) is 15.0. The van der Waals surface area contributed by atoms with Crippen LogP contribution < -0.4 is 11.5 Å². The molecule has 1 heterocycles. The van der Waals surface area contributed by atoms with Gasteiger partial charge in [-0.2, -0.15) is 0 Å². The van der Waals surface area contributed by atoms with Gasteiger partial charge in [-0.3, -0.25) is 10.8 Å². The van der Waals surface area contributed by atoms with Crippen LogP contribution in [0.15, 0.2) is 30.3 Å². The van der Waals surface area contributed by atoms with Crippen molar-refractivity contribution in [3.8, 4) is 0 Å². The monoisotopic (exact) mass is 378 g/mol. The average Bonchev–Trinajstić information content (AvgIpc) is 2.89. The lowest BCUT2D eigenvalue weighted by molar-refractivity contribution is 0.629. The van der Waals surface area contributed by atoms with Crippen molar-refractivity contribution in [2.75, 3.05) is 0 Å². The van der Waals surface area contributed by atoms with Gasteiger partial charge in [0, 0.05) is 31.7 Å². The first-order valence-electron chi connectivity index (χ1n) is 7.02. The minimum atomic E-state index is -0.287. The van der Waals surface area contributed by atoms with E-state index in [0.717, 1.165) is 31.3 Å². The van der Waals surface area contributed by atoms with Crippen LogP contribution in [0.1, 0.15) is 11.1 Å². The molecule has 0 aliphatic carbocycles. The normalized spacial score (nSPS) is 11.2. The van der Waals surface area contributed by atoms with E-state index in [1.54, 1.807) is 17.4 Å². The molecule has 0 unspecified atom stereocenters. The predicted octanol–water partition coefficient (Wildman–Crippen LogP) is 4.45. The molecule has 0 saturated carbocycles. The molecular weight excluding hydrogens is 363 g/mol. The van der Waals surface area contributed by atoms with Crippen LogP contribution in [0.3, 0.4) is 0 Å². The SMILES string of the molecule is N=C(N)SCc1cccc2c1sc1c(CSC(=N)N)cc(F)cc12. The molecule has 0 aliphatic heterocycles. The van der Waals surface area contributed by atoms with Crippen molar-refractivity contribution >= 4 is 65.4 Å². The lowest BCUT2D eigenvalue weighted by Gasteiger charge is -2.03. The maximum Gasteiger partial charge on any atom is 0.151 e. The number of rotatable bonds is 4. The van der Waals surface area contributed by atoms with Crippen LogP contribution in [0.25, 0.3) is 20.2 Å². The fourth-order valence-electron chi connectivity index (χ4n) is 2.52. The number of fused-ring (bicyclic) bond motifs is 3.